The van der Waals surface area contributed by atoms with Gasteiger partial charge >= 0.3 is 0 Å². The SMILES string of the molecule is C1=Cc2ccc(-c3cc(-c4ccccc4)nc(-c4cccnc4)n3)cc2-c2ccccc2Oc2ccccc2-c2ccccc21. The van der Waals surface area contributed by atoms with E-state index in [1.807, 2.05) is 54.6 Å². The average molecular weight is 578 g/mol. The number of fused-ring (bicyclic) bond motifs is 6. The Balaban J connectivity index is 1.34. The molecule has 45 heavy (non-hydrogen) atoms. The molecule has 0 radical (unpaired) electrons. The largest absolute Gasteiger partial charge is 0.456 e. The summed E-state index contributed by atoms with van der Waals surface area (Å²) >= 11 is 0. The zero-order valence-corrected chi connectivity index (χ0v) is 24.3. The van der Waals surface area contributed by atoms with Gasteiger partial charge in [-0.1, -0.05) is 115 Å². The van der Waals surface area contributed by atoms with Gasteiger partial charge in [0.1, 0.15) is 11.5 Å². The molecule has 4 heteroatoms. The molecule has 0 amide bonds. The molecule has 0 atom stereocenters. The fraction of sp³-hybridized carbons (Fsp3) is 0. The van der Waals surface area contributed by atoms with E-state index in [0.717, 1.165) is 73.0 Å². The van der Waals surface area contributed by atoms with Crippen molar-refractivity contribution in [2.24, 2.45) is 0 Å². The zero-order chi connectivity index (χ0) is 30.0. The lowest BCUT2D eigenvalue weighted by Gasteiger charge is -2.16. The molecular weight excluding hydrogens is 550 g/mol. The van der Waals surface area contributed by atoms with Crippen molar-refractivity contribution in [2.45, 2.75) is 0 Å². The third-order valence-corrected chi connectivity index (χ3v) is 8.04. The van der Waals surface area contributed by atoms with Crippen LogP contribution in [0.3, 0.4) is 0 Å². The fourth-order valence-electron chi connectivity index (χ4n) is 5.81. The predicted octanol–water partition coefficient (Wildman–Crippen LogP) is 10.5. The number of benzene rings is 5. The molecule has 0 fully saturated rings. The third-order valence-electron chi connectivity index (χ3n) is 8.04. The number of rotatable bonds is 3. The highest BCUT2D eigenvalue weighted by atomic mass is 16.5. The Bertz CT molecular complexity index is 2130. The van der Waals surface area contributed by atoms with Crippen molar-refractivity contribution in [3.63, 3.8) is 0 Å². The van der Waals surface area contributed by atoms with E-state index >= 15 is 0 Å². The zero-order valence-electron chi connectivity index (χ0n) is 24.3. The second kappa shape index (κ2) is 11.5. The van der Waals surface area contributed by atoms with Crippen molar-refractivity contribution in [3.05, 3.63) is 163 Å². The highest BCUT2D eigenvalue weighted by Gasteiger charge is 2.18. The number of hydrogen-bond acceptors (Lipinski definition) is 4. The number of pyridine rings is 1. The molecule has 4 nitrogen and oxygen atoms in total. The minimum atomic E-state index is 0.632. The van der Waals surface area contributed by atoms with Gasteiger partial charge in [0.25, 0.3) is 0 Å². The van der Waals surface area contributed by atoms with Crippen molar-refractivity contribution in [1.29, 1.82) is 0 Å². The lowest BCUT2D eigenvalue weighted by molar-refractivity contribution is 0.486. The van der Waals surface area contributed by atoms with Crippen LogP contribution in [-0.4, -0.2) is 15.0 Å². The number of nitrogens with zero attached hydrogens (tertiary/aromatic N) is 3. The van der Waals surface area contributed by atoms with Crippen LogP contribution in [0.4, 0.5) is 0 Å². The first kappa shape index (κ1) is 26.5. The molecule has 1 aliphatic rings. The van der Waals surface area contributed by atoms with E-state index < -0.39 is 0 Å². The predicted molar refractivity (Wildman–Crippen MR) is 182 cm³/mol. The maximum atomic E-state index is 6.73. The molecule has 0 bridgehead atoms. The van der Waals surface area contributed by atoms with Crippen molar-refractivity contribution in [1.82, 2.24) is 15.0 Å². The molecule has 212 valence electrons. The Morgan fingerprint density at radius 2 is 1.02 bits per heavy atom. The maximum absolute atomic E-state index is 6.73. The Hall–Kier alpha value is -6.13. The van der Waals surface area contributed by atoms with Gasteiger partial charge in [-0.25, -0.2) is 9.97 Å². The number of ether oxygens (including phenoxy) is 1. The van der Waals surface area contributed by atoms with Gasteiger partial charge in [-0.05, 0) is 58.7 Å². The Morgan fingerprint density at radius 1 is 0.422 bits per heavy atom. The first-order valence-electron chi connectivity index (χ1n) is 14.9. The molecule has 0 aliphatic carbocycles. The molecule has 0 saturated carbocycles. The second-order valence-electron chi connectivity index (χ2n) is 10.9. The fourth-order valence-corrected chi connectivity index (χ4v) is 5.81. The van der Waals surface area contributed by atoms with Crippen LogP contribution >= 0.6 is 0 Å². The van der Waals surface area contributed by atoms with Crippen LogP contribution in [0.15, 0.2) is 152 Å². The lowest BCUT2D eigenvalue weighted by Crippen LogP contribution is -1.97. The van der Waals surface area contributed by atoms with Crippen LogP contribution < -0.4 is 4.74 Å². The van der Waals surface area contributed by atoms with Gasteiger partial charge in [0.15, 0.2) is 5.82 Å². The summed E-state index contributed by atoms with van der Waals surface area (Å²) in [7, 11) is 0. The van der Waals surface area contributed by atoms with Crippen molar-refractivity contribution in [2.75, 3.05) is 0 Å². The minimum Gasteiger partial charge on any atom is -0.456 e. The molecule has 8 rings (SSSR count). The van der Waals surface area contributed by atoms with E-state index in [-0.39, 0.29) is 0 Å². The van der Waals surface area contributed by atoms with Crippen LogP contribution in [-0.2, 0) is 0 Å². The molecule has 7 aromatic rings. The summed E-state index contributed by atoms with van der Waals surface area (Å²) in [5.41, 5.74) is 11.0. The number of hydrogen-bond donors (Lipinski definition) is 0. The highest BCUT2D eigenvalue weighted by molar-refractivity contribution is 5.90. The molecule has 0 spiro atoms. The van der Waals surface area contributed by atoms with E-state index in [4.69, 9.17) is 14.7 Å². The molecule has 0 saturated heterocycles. The molecule has 1 aliphatic heterocycles. The minimum absolute atomic E-state index is 0.632. The van der Waals surface area contributed by atoms with Crippen molar-refractivity contribution < 1.29 is 4.74 Å². The Kier molecular flexibility index (Phi) is 6.78. The number of aromatic nitrogens is 3. The first-order chi connectivity index (χ1) is 22.3. The standard InChI is InChI=1S/C41H27N3O/c1-2-12-30(13-3-1)37-26-38(44-41(43-37)32-14-10-24-42-27-32)31-23-22-29-21-20-28-11-4-5-15-33(28)34-16-6-8-18-39(34)45-40-19-9-7-17-35(40)36(29)25-31/h1-27H. The summed E-state index contributed by atoms with van der Waals surface area (Å²) in [5.74, 6) is 2.24. The van der Waals surface area contributed by atoms with Crippen LogP contribution in [0.5, 0.6) is 11.5 Å². The van der Waals surface area contributed by atoms with Crippen LogP contribution in [0.1, 0.15) is 11.1 Å². The van der Waals surface area contributed by atoms with Crippen LogP contribution in [0, 0.1) is 0 Å². The monoisotopic (exact) mass is 577 g/mol. The summed E-state index contributed by atoms with van der Waals surface area (Å²) < 4.78 is 6.73. The molecule has 3 heterocycles. The van der Waals surface area contributed by atoms with Crippen LogP contribution in [0.25, 0.3) is 68.3 Å². The normalized spacial score (nSPS) is 11.6. The van der Waals surface area contributed by atoms with Crippen molar-refractivity contribution in [3.8, 4) is 67.7 Å². The van der Waals surface area contributed by atoms with E-state index in [9.17, 15) is 0 Å². The maximum Gasteiger partial charge on any atom is 0.161 e. The Morgan fingerprint density at radius 3 is 1.76 bits per heavy atom. The quantitative estimate of drug-likeness (QED) is 0.210. The third kappa shape index (κ3) is 5.19. The van der Waals surface area contributed by atoms with E-state index in [0.29, 0.717) is 5.82 Å². The van der Waals surface area contributed by atoms with Gasteiger partial charge in [0.05, 0.1) is 11.4 Å². The van der Waals surface area contributed by atoms with Crippen molar-refractivity contribution >= 4 is 12.2 Å². The number of para-hydroxylation sites is 2. The topological polar surface area (TPSA) is 47.9 Å². The van der Waals surface area contributed by atoms with Gasteiger partial charge in [0.2, 0.25) is 0 Å². The summed E-state index contributed by atoms with van der Waals surface area (Å²) in [6.07, 6.45) is 7.95. The summed E-state index contributed by atoms with van der Waals surface area (Å²) in [6.45, 7) is 0. The van der Waals surface area contributed by atoms with E-state index in [2.05, 4.69) is 102 Å². The lowest BCUT2D eigenvalue weighted by atomic mass is 9.94. The van der Waals surface area contributed by atoms with E-state index in [1.54, 1.807) is 12.4 Å². The summed E-state index contributed by atoms with van der Waals surface area (Å²) in [5, 5.41) is 0. The summed E-state index contributed by atoms with van der Waals surface area (Å²) in [4.78, 5) is 14.3. The molecule has 0 N–H and O–H groups in total. The first-order valence-corrected chi connectivity index (χ1v) is 14.9. The van der Waals surface area contributed by atoms with Gasteiger partial charge in [-0.15, -0.1) is 0 Å². The van der Waals surface area contributed by atoms with Gasteiger partial charge in [-0.3, -0.25) is 4.98 Å². The smallest absolute Gasteiger partial charge is 0.161 e. The average Bonchev–Trinajstić information content (AvgIpc) is 3.14. The van der Waals surface area contributed by atoms with Gasteiger partial charge in [-0.2, -0.15) is 0 Å². The van der Waals surface area contributed by atoms with Gasteiger partial charge in [0, 0.05) is 40.2 Å². The van der Waals surface area contributed by atoms with Crippen LogP contribution in [0.2, 0.25) is 0 Å². The Labute approximate surface area is 262 Å². The molecule has 2 aromatic heterocycles. The molecular formula is C41H27N3O. The second-order valence-corrected chi connectivity index (χ2v) is 10.9. The molecule has 5 aromatic carbocycles. The highest BCUT2D eigenvalue weighted by Crippen LogP contribution is 2.42. The molecule has 0 unspecified atom stereocenters. The summed E-state index contributed by atoms with van der Waals surface area (Å²) in [6, 6.07) is 47.6. The van der Waals surface area contributed by atoms with E-state index in [1.165, 1.54) is 0 Å². The van der Waals surface area contributed by atoms with Gasteiger partial charge < -0.3 is 4.74 Å².